The molecule has 1 aromatic carbocycles. The summed E-state index contributed by atoms with van der Waals surface area (Å²) >= 11 is 0. The van der Waals surface area contributed by atoms with Crippen molar-refractivity contribution in [3.63, 3.8) is 0 Å². The van der Waals surface area contributed by atoms with Crippen molar-refractivity contribution in [2.24, 2.45) is 0 Å². The second-order valence-corrected chi connectivity index (χ2v) is 7.44. The first-order valence-electron chi connectivity index (χ1n) is 8.78. The molecule has 2 N–H and O–H groups in total. The van der Waals surface area contributed by atoms with Gasteiger partial charge in [-0.2, -0.15) is 0 Å². The molecule has 1 fully saturated rings. The van der Waals surface area contributed by atoms with Gasteiger partial charge in [-0.1, -0.05) is 0 Å². The Bertz CT molecular complexity index is 553. The molecule has 0 atom stereocenters. The van der Waals surface area contributed by atoms with Crippen LogP contribution in [0.15, 0.2) is 18.2 Å². The number of carbonyl (C=O) groups is 1. The highest BCUT2D eigenvalue weighted by Gasteiger charge is 2.24. The van der Waals surface area contributed by atoms with Crippen molar-refractivity contribution >= 4 is 11.8 Å². The smallest absolute Gasteiger partial charge is 0.407 e. The van der Waals surface area contributed by atoms with Gasteiger partial charge in [-0.15, -0.1) is 0 Å². The Morgan fingerprint density at radius 1 is 0.960 bits per heavy atom. The lowest BCUT2D eigenvalue weighted by Gasteiger charge is -2.31. The predicted octanol–water partition coefficient (Wildman–Crippen LogP) is 3.95. The van der Waals surface area contributed by atoms with Gasteiger partial charge in [-0.05, 0) is 46.5 Å². The lowest BCUT2D eigenvalue weighted by molar-refractivity contribution is 0.0492. The van der Waals surface area contributed by atoms with Gasteiger partial charge in [-0.3, -0.25) is 0 Å². The van der Waals surface area contributed by atoms with Crippen molar-refractivity contribution in [2.45, 2.75) is 64.1 Å². The van der Waals surface area contributed by atoms with E-state index in [0.29, 0.717) is 6.04 Å². The number of rotatable bonds is 5. The van der Waals surface area contributed by atoms with Gasteiger partial charge < -0.3 is 24.8 Å². The van der Waals surface area contributed by atoms with Crippen molar-refractivity contribution < 1.29 is 19.0 Å². The summed E-state index contributed by atoms with van der Waals surface area (Å²) in [6, 6.07) is 6.33. The largest absolute Gasteiger partial charge is 0.497 e. The zero-order valence-electron chi connectivity index (χ0n) is 15.8. The van der Waals surface area contributed by atoms with Crippen LogP contribution in [-0.4, -0.2) is 38.0 Å². The molecule has 0 bridgehead atoms. The summed E-state index contributed by atoms with van der Waals surface area (Å²) in [5, 5.41) is 6.51. The Balaban J connectivity index is 1.83. The van der Waals surface area contributed by atoms with Crippen molar-refractivity contribution in [3.8, 4) is 11.5 Å². The molecule has 2 rings (SSSR count). The van der Waals surface area contributed by atoms with Gasteiger partial charge in [0.25, 0.3) is 0 Å². The Kier molecular flexibility index (Phi) is 6.39. The second-order valence-electron chi connectivity index (χ2n) is 7.44. The van der Waals surface area contributed by atoms with Crippen LogP contribution in [0.4, 0.5) is 10.5 Å². The van der Waals surface area contributed by atoms with Crippen LogP contribution in [-0.2, 0) is 4.74 Å². The molecule has 1 aliphatic carbocycles. The Morgan fingerprint density at radius 3 is 1.96 bits per heavy atom. The van der Waals surface area contributed by atoms with Gasteiger partial charge >= 0.3 is 6.09 Å². The van der Waals surface area contributed by atoms with E-state index in [4.69, 9.17) is 14.2 Å². The number of anilines is 1. The van der Waals surface area contributed by atoms with Crippen molar-refractivity contribution in [1.82, 2.24) is 5.32 Å². The summed E-state index contributed by atoms with van der Waals surface area (Å²) in [6.07, 6.45) is 3.50. The normalized spacial score (nSPS) is 20.5. The van der Waals surface area contributed by atoms with E-state index in [9.17, 15) is 4.79 Å². The van der Waals surface area contributed by atoms with E-state index in [2.05, 4.69) is 10.6 Å². The number of ether oxygens (including phenoxy) is 3. The topological polar surface area (TPSA) is 68.8 Å². The van der Waals surface area contributed by atoms with Gasteiger partial charge in [0.05, 0.1) is 14.2 Å². The SMILES string of the molecule is COc1cc(NC2CCC(NC(=O)OC(C)(C)C)CC2)cc(OC)c1. The summed E-state index contributed by atoms with van der Waals surface area (Å²) in [5.74, 6) is 1.53. The molecule has 0 spiro atoms. The maximum absolute atomic E-state index is 11.9. The van der Waals surface area contributed by atoms with Crippen LogP contribution in [0, 0.1) is 0 Å². The van der Waals surface area contributed by atoms with E-state index >= 15 is 0 Å². The average molecular weight is 350 g/mol. The van der Waals surface area contributed by atoms with Gasteiger partial charge in [0.1, 0.15) is 17.1 Å². The number of amides is 1. The fourth-order valence-corrected chi connectivity index (χ4v) is 2.98. The number of benzene rings is 1. The molecule has 140 valence electrons. The summed E-state index contributed by atoms with van der Waals surface area (Å²) in [7, 11) is 3.29. The highest BCUT2D eigenvalue weighted by atomic mass is 16.6. The van der Waals surface area contributed by atoms with Gasteiger partial charge in [0.2, 0.25) is 0 Å². The monoisotopic (exact) mass is 350 g/mol. The number of methoxy groups -OCH3 is 2. The third-order valence-electron chi connectivity index (χ3n) is 4.17. The van der Waals surface area contributed by atoms with E-state index in [0.717, 1.165) is 42.9 Å². The lowest BCUT2D eigenvalue weighted by Crippen LogP contribution is -2.42. The summed E-state index contributed by atoms with van der Waals surface area (Å²) in [4.78, 5) is 11.9. The molecule has 6 heteroatoms. The van der Waals surface area contributed by atoms with E-state index in [1.54, 1.807) is 14.2 Å². The fraction of sp³-hybridized carbons (Fsp3) is 0.632. The quantitative estimate of drug-likeness (QED) is 0.841. The first-order chi connectivity index (χ1) is 11.8. The summed E-state index contributed by atoms with van der Waals surface area (Å²) < 4.78 is 15.9. The van der Waals surface area contributed by atoms with Crippen molar-refractivity contribution in [3.05, 3.63) is 18.2 Å². The number of hydrogen-bond acceptors (Lipinski definition) is 5. The zero-order chi connectivity index (χ0) is 18.4. The van der Waals surface area contributed by atoms with Crippen LogP contribution in [0.1, 0.15) is 46.5 Å². The average Bonchev–Trinajstić information content (AvgIpc) is 2.54. The minimum absolute atomic E-state index is 0.174. The third kappa shape index (κ3) is 6.36. The molecule has 0 aromatic heterocycles. The number of hydrogen-bond donors (Lipinski definition) is 2. The van der Waals surface area contributed by atoms with Crippen molar-refractivity contribution in [1.29, 1.82) is 0 Å². The van der Waals surface area contributed by atoms with E-state index in [1.807, 2.05) is 39.0 Å². The maximum Gasteiger partial charge on any atom is 0.407 e. The Labute approximate surface area is 150 Å². The Hall–Kier alpha value is -2.11. The molecule has 6 nitrogen and oxygen atoms in total. The molecular formula is C19H30N2O4. The third-order valence-corrected chi connectivity index (χ3v) is 4.17. The van der Waals surface area contributed by atoms with Crippen LogP contribution in [0.25, 0.3) is 0 Å². The molecule has 25 heavy (non-hydrogen) atoms. The first kappa shape index (κ1) is 19.2. The molecule has 0 heterocycles. The molecular weight excluding hydrogens is 320 g/mol. The number of nitrogens with one attached hydrogen (secondary N) is 2. The van der Waals surface area contributed by atoms with Crippen LogP contribution < -0.4 is 20.1 Å². The fourth-order valence-electron chi connectivity index (χ4n) is 2.98. The molecule has 0 radical (unpaired) electrons. The molecule has 1 saturated carbocycles. The molecule has 1 aromatic rings. The second kappa shape index (κ2) is 8.32. The lowest BCUT2D eigenvalue weighted by atomic mass is 9.91. The minimum Gasteiger partial charge on any atom is -0.497 e. The Morgan fingerprint density at radius 2 is 1.48 bits per heavy atom. The summed E-state index contributed by atoms with van der Waals surface area (Å²) in [5.41, 5.74) is 0.522. The summed E-state index contributed by atoms with van der Waals surface area (Å²) in [6.45, 7) is 5.61. The van der Waals surface area contributed by atoms with Crippen molar-refractivity contribution in [2.75, 3.05) is 19.5 Å². The molecule has 1 amide bonds. The number of carbonyl (C=O) groups excluding carboxylic acids is 1. The maximum atomic E-state index is 11.9. The first-order valence-corrected chi connectivity index (χ1v) is 8.78. The standard InChI is InChI=1S/C19H30N2O4/c1-19(2,3)25-18(22)21-14-8-6-13(7-9-14)20-15-10-16(23-4)12-17(11-15)24-5/h10-14,20H,6-9H2,1-5H3,(H,21,22). The number of alkyl carbamates (subject to hydrolysis) is 1. The minimum atomic E-state index is -0.464. The van der Waals surface area contributed by atoms with Gasteiger partial charge in [0.15, 0.2) is 0 Å². The van der Waals surface area contributed by atoms with Gasteiger partial charge in [0, 0.05) is 36.0 Å². The molecule has 0 saturated heterocycles. The van der Waals surface area contributed by atoms with Crippen LogP contribution in [0.3, 0.4) is 0 Å². The van der Waals surface area contributed by atoms with Gasteiger partial charge in [-0.25, -0.2) is 4.79 Å². The highest BCUT2D eigenvalue weighted by molar-refractivity contribution is 5.68. The van der Waals surface area contributed by atoms with Crippen LogP contribution >= 0.6 is 0 Å². The molecule has 0 unspecified atom stereocenters. The van der Waals surface area contributed by atoms with Crippen LogP contribution in [0.5, 0.6) is 11.5 Å². The molecule has 1 aliphatic rings. The van der Waals surface area contributed by atoms with E-state index < -0.39 is 5.60 Å². The predicted molar refractivity (Wildman–Crippen MR) is 98.6 cm³/mol. The molecule has 0 aliphatic heterocycles. The highest BCUT2D eigenvalue weighted by Crippen LogP contribution is 2.29. The van der Waals surface area contributed by atoms with Crippen LogP contribution in [0.2, 0.25) is 0 Å². The van der Waals surface area contributed by atoms with E-state index in [1.165, 1.54) is 0 Å². The van der Waals surface area contributed by atoms with E-state index in [-0.39, 0.29) is 12.1 Å². The zero-order valence-corrected chi connectivity index (χ0v) is 15.8.